The van der Waals surface area contributed by atoms with Crippen LogP contribution < -0.4 is 32.3 Å². The maximum absolute atomic E-state index is 13.7. The average Bonchev–Trinajstić information content (AvgIpc) is 3.72. The molecule has 1 saturated heterocycles. The number of guanidine groups is 1. The van der Waals surface area contributed by atoms with Crippen molar-refractivity contribution in [2.45, 2.75) is 75.5 Å². The van der Waals surface area contributed by atoms with Gasteiger partial charge in [-0.25, -0.2) is 0 Å². The number of H-pyrrole nitrogens is 1. The van der Waals surface area contributed by atoms with Gasteiger partial charge in [-0.1, -0.05) is 18.2 Å². The number of aliphatic carboxylic acids is 1. The summed E-state index contributed by atoms with van der Waals surface area (Å²) in [4.78, 5) is 93.0. The van der Waals surface area contributed by atoms with Crippen molar-refractivity contribution in [1.82, 2.24) is 36.5 Å². The first-order valence-electron chi connectivity index (χ1n) is 16.2. The number of aromatic nitrogens is 1. The van der Waals surface area contributed by atoms with Crippen molar-refractivity contribution in [3.8, 4) is 0 Å². The van der Waals surface area contributed by atoms with E-state index in [2.05, 4.69) is 44.2 Å². The summed E-state index contributed by atoms with van der Waals surface area (Å²) in [5, 5.41) is 30.1. The normalized spacial score (nSPS) is 15.7. The summed E-state index contributed by atoms with van der Waals surface area (Å²) in [6.07, 6.45) is 4.99. The Kier molecular flexibility index (Phi) is 15.5. The van der Waals surface area contributed by atoms with Crippen molar-refractivity contribution in [3.63, 3.8) is 0 Å². The molecule has 50 heavy (non-hydrogen) atoms. The molecule has 0 saturated carbocycles. The lowest BCUT2D eigenvalue weighted by Gasteiger charge is -2.28. The zero-order valence-corrected chi connectivity index (χ0v) is 28.4. The predicted molar refractivity (Wildman–Crippen MR) is 186 cm³/mol. The van der Waals surface area contributed by atoms with Gasteiger partial charge in [0.05, 0.1) is 19.0 Å². The molecule has 1 aliphatic heterocycles. The summed E-state index contributed by atoms with van der Waals surface area (Å²) in [6, 6.07) is 2.71. The van der Waals surface area contributed by atoms with Crippen LogP contribution in [0.15, 0.2) is 30.5 Å². The molecule has 17 nitrogen and oxygen atoms in total. The van der Waals surface area contributed by atoms with Gasteiger partial charge < -0.3 is 47.3 Å². The molecule has 0 spiro atoms. The Morgan fingerprint density at radius 1 is 1.02 bits per heavy atom. The molecule has 2 aromatic rings. The SMILES string of the molecule is N=C(N)NCCCC[C@H](NC(=O)CCS)C(=O)NCC(=O)N[C@@H](CC(=O)O)C(=O)N[C@@H](Cc1c[nH]c2ccccc12)C(=O)N1CCC[C@H]1[C]=O. The van der Waals surface area contributed by atoms with E-state index < -0.39 is 72.6 Å². The molecule has 0 bridgehead atoms. The predicted octanol–water partition coefficient (Wildman–Crippen LogP) is -1.17. The lowest BCUT2D eigenvalue weighted by Crippen LogP contribution is -2.57. The summed E-state index contributed by atoms with van der Waals surface area (Å²) in [5.74, 6) is -4.85. The summed E-state index contributed by atoms with van der Waals surface area (Å²) < 4.78 is 0. The van der Waals surface area contributed by atoms with Gasteiger partial charge in [0, 0.05) is 43.0 Å². The second-order valence-electron chi connectivity index (χ2n) is 11.8. The van der Waals surface area contributed by atoms with Crippen LogP contribution in [0.4, 0.5) is 0 Å². The fraction of sp³-hybridized carbons (Fsp3) is 0.500. The van der Waals surface area contributed by atoms with E-state index in [-0.39, 0.29) is 37.5 Å². The first kappa shape index (κ1) is 39.3. The lowest BCUT2D eigenvalue weighted by atomic mass is 10.0. The highest BCUT2D eigenvalue weighted by atomic mass is 32.1. The van der Waals surface area contributed by atoms with Crippen LogP contribution in [0.5, 0.6) is 0 Å². The minimum Gasteiger partial charge on any atom is -0.481 e. The number of para-hydroxylation sites is 1. The Morgan fingerprint density at radius 2 is 1.76 bits per heavy atom. The largest absolute Gasteiger partial charge is 0.481 e. The summed E-state index contributed by atoms with van der Waals surface area (Å²) in [7, 11) is 0. The third-order valence-corrected chi connectivity index (χ3v) is 8.29. The minimum atomic E-state index is -1.62. The number of rotatable bonds is 20. The second-order valence-corrected chi connectivity index (χ2v) is 12.2. The van der Waals surface area contributed by atoms with Crippen molar-refractivity contribution < 1.29 is 38.7 Å². The molecular weight excluding hydrogens is 670 g/mol. The van der Waals surface area contributed by atoms with Gasteiger partial charge in [0.2, 0.25) is 35.8 Å². The Morgan fingerprint density at radius 3 is 2.46 bits per heavy atom. The van der Waals surface area contributed by atoms with Gasteiger partial charge in [-0.3, -0.25) is 39.0 Å². The molecule has 0 unspecified atom stereocenters. The average molecular weight is 715 g/mol. The number of unbranched alkanes of at least 4 members (excludes halogenated alkanes) is 1. The number of nitrogens with zero attached hydrogens (tertiary/aromatic N) is 1. The number of hydrogen-bond donors (Lipinski definition) is 10. The van der Waals surface area contributed by atoms with Gasteiger partial charge in [-0.05, 0) is 49.5 Å². The standard InChI is InChI=1S/C32H44N9O8S/c33-32(34)35-11-4-3-9-23(38-26(43)10-13-50)29(47)37-17-27(44)39-24(15-28(45)46)30(48)40-25(31(49)41-12-5-6-20(41)18-42)14-19-16-36-22-8-2-1-7-21(19)22/h1-2,7-8,16,20,23-25,36,50H,3-6,9-15,17H2,(H,37,47)(H,38,43)(H,39,44)(H,40,48)(H,45,46)(H4,33,34,35)/t20-,23-,24-,25-/m0/s1. The molecule has 271 valence electrons. The number of carbonyl (C=O) groups excluding carboxylic acids is 6. The first-order valence-corrected chi connectivity index (χ1v) is 16.9. The van der Waals surface area contributed by atoms with Crippen molar-refractivity contribution in [2.75, 3.05) is 25.4 Å². The Balaban J connectivity index is 1.69. The van der Waals surface area contributed by atoms with Crippen molar-refractivity contribution in [1.29, 1.82) is 5.41 Å². The van der Waals surface area contributed by atoms with E-state index in [1.807, 2.05) is 30.6 Å². The summed E-state index contributed by atoms with van der Waals surface area (Å²) >= 11 is 4.02. The van der Waals surface area contributed by atoms with Gasteiger partial charge in [0.15, 0.2) is 5.96 Å². The van der Waals surface area contributed by atoms with Crippen LogP contribution in [0.3, 0.4) is 0 Å². The fourth-order valence-corrected chi connectivity index (χ4v) is 5.80. The molecular formula is C32H44N9O8S. The number of fused-ring (bicyclic) bond motifs is 1. The fourth-order valence-electron chi connectivity index (χ4n) is 5.60. The van der Waals surface area contributed by atoms with E-state index in [9.17, 15) is 38.7 Å². The quantitative estimate of drug-likeness (QED) is 0.0340. The molecule has 18 heteroatoms. The number of nitrogens with one attached hydrogen (secondary N) is 7. The van der Waals surface area contributed by atoms with E-state index in [0.29, 0.717) is 37.8 Å². The number of carboxylic acids is 1. The molecule has 1 fully saturated rings. The number of aromatic amines is 1. The molecule has 4 atom stereocenters. The molecule has 1 aromatic heterocycles. The van der Waals surface area contributed by atoms with Crippen LogP contribution in [0.2, 0.25) is 0 Å². The Bertz CT molecular complexity index is 1550. The van der Waals surface area contributed by atoms with Crippen molar-refractivity contribution in [2.24, 2.45) is 5.73 Å². The zero-order chi connectivity index (χ0) is 36.6. The summed E-state index contributed by atoms with van der Waals surface area (Å²) in [6.45, 7) is 0.0147. The van der Waals surface area contributed by atoms with E-state index in [0.717, 1.165) is 10.9 Å². The molecule has 2 heterocycles. The molecule has 10 N–H and O–H groups in total. The Labute approximate surface area is 294 Å². The molecule has 1 aromatic carbocycles. The third kappa shape index (κ3) is 12.1. The highest BCUT2D eigenvalue weighted by Gasteiger charge is 2.36. The maximum Gasteiger partial charge on any atom is 0.305 e. The molecule has 5 amide bonds. The number of nitrogens with two attached hydrogens (primary N) is 1. The van der Waals surface area contributed by atoms with Crippen LogP contribution in [0.1, 0.15) is 50.5 Å². The summed E-state index contributed by atoms with van der Waals surface area (Å²) in [5.41, 5.74) is 6.76. The van der Waals surface area contributed by atoms with Crippen LogP contribution in [-0.2, 0) is 40.0 Å². The topological polar surface area (TPSA) is 269 Å². The molecule has 1 radical (unpaired) electrons. The van der Waals surface area contributed by atoms with Gasteiger partial charge in [-0.15, -0.1) is 0 Å². The van der Waals surface area contributed by atoms with E-state index in [4.69, 9.17) is 11.1 Å². The number of thiol groups is 1. The molecule has 0 aliphatic carbocycles. The number of amides is 5. The number of likely N-dealkylation sites (tertiary alicyclic amines) is 1. The van der Waals surface area contributed by atoms with Crippen LogP contribution in [0.25, 0.3) is 10.9 Å². The van der Waals surface area contributed by atoms with Gasteiger partial charge >= 0.3 is 5.97 Å². The van der Waals surface area contributed by atoms with Crippen molar-refractivity contribution >= 4 is 71.3 Å². The van der Waals surface area contributed by atoms with Crippen LogP contribution in [0, 0.1) is 5.41 Å². The highest BCUT2D eigenvalue weighted by molar-refractivity contribution is 7.80. The monoisotopic (exact) mass is 714 g/mol. The van der Waals surface area contributed by atoms with Crippen LogP contribution >= 0.6 is 12.6 Å². The lowest BCUT2D eigenvalue weighted by molar-refractivity contribution is -0.141. The van der Waals surface area contributed by atoms with E-state index >= 15 is 0 Å². The van der Waals surface area contributed by atoms with Gasteiger partial charge in [-0.2, -0.15) is 12.6 Å². The van der Waals surface area contributed by atoms with Crippen molar-refractivity contribution in [3.05, 3.63) is 36.0 Å². The van der Waals surface area contributed by atoms with Gasteiger partial charge in [0.25, 0.3) is 0 Å². The highest BCUT2D eigenvalue weighted by Crippen LogP contribution is 2.22. The number of carboxylic acid groups (broad SMARTS) is 1. The first-order chi connectivity index (χ1) is 23.9. The number of benzene rings is 1. The number of hydrogen-bond acceptors (Lipinski definition) is 9. The smallest absolute Gasteiger partial charge is 0.305 e. The van der Waals surface area contributed by atoms with E-state index in [1.165, 1.54) is 4.90 Å². The third-order valence-electron chi connectivity index (χ3n) is 8.06. The van der Waals surface area contributed by atoms with E-state index in [1.54, 1.807) is 6.20 Å². The van der Waals surface area contributed by atoms with Gasteiger partial charge in [0.1, 0.15) is 18.1 Å². The molecule has 3 rings (SSSR count). The Hall–Kier alpha value is -5.13. The zero-order valence-electron chi connectivity index (χ0n) is 27.5. The van der Waals surface area contributed by atoms with Crippen LogP contribution in [-0.4, -0.2) is 112 Å². The number of carbonyl (C=O) groups is 6. The maximum atomic E-state index is 13.7. The molecule has 1 aliphatic rings. The minimum absolute atomic E-state index is 0.00556. The second kappa shape index (κ2) is 19.8.